The molecule has 0 aromatic heterocycles. The summed E-state index contributed by atoms with van der Waals surface area (Å²) < 4.78 is 4.77. The summed E-state index contributed by atoms with van der Waals surface area (Å²) in [6.45, 7) is 0.602. The van der Waals surface area contributed by atoms with Gasteiger partial charge in [0.1, 0.15) is 6.04 Å². The third kappa shape index (κ3) is 2.76. The number of anilines is 1. The Kier molecular flexibility index (Phi) is 4.27. The normalized spacial score (nSPS) is 17.9. The first-order chi connectivity index (χ1) is 9.54. The molecule has 5 nitrogen and oxygen atoms in total. The number of amides is 1. The Morgan fingerprint density at radius 2 is 2.10 bits per heavy atom. The molecule has 0 aliphatic carbocycles. The first-order valence-electron chi connectivity index (χ1n) is 6.70. The van der Waals surface area contributed by atoms with Crippen LogP contribution in [0.2, 0.25) is 0 Å². The van der Waals surface area contributed by atoms with Crippen molar-refractivity contribution in [1.29, 1.82) is 0 Å². The lowest BCUT2D eigenvalue weighted by molar-refractivity contribution is -0.145. The number of benzene rings is 1. The van der Waals surface area contributed by atoms with Gasteiger partial charge in [-0.3, -0.25) is 4.79 Å². The lowest BCUT2D eigenvalue weighted by atomic mass is 10.1. The van der Waals surface area contributed by atoms with Crippen LogP contribution in [-0.2, 0) is 9.53 Å². The molecule has 1 unspecified atom stereocenters. The number of methoxy groups -OCH3 is 1. The van der Waals surface area contributed by atoms with Crippen LogP contribution in [0, 0.1) is 0 Å². The molecule has 0 N–H and O–H groups in total. The van der Waals surface area contributed by atoms with Crippen LogP contribution in [0.1, 0.15) is 23.2 Å². The van der Waals surface area contributed by atoms with Crippen molar-refractivity contribution in [2.45, 2.75) is 18.9 Å². The van der Waals surface area contributed by atoms with Gasteiger partial charge in [-0.15, -0.1) is 0 Å². The first kappa shape index (κ1) is 14.4. The van der Waals surface area contributed by atoms with Crippen molar-refractivity contribution in [3.8, 4) is 0 Å². The van der Waals surface area contributed by atoms with Gasteiger partial charge < -0.3 is 14.5 Å². The van der Waals surface area contributed by atoms with Gasteiger partial charge >= 0.3 is 5.97 Å². The minimum atomic E-state index is -0.449. The molecule has 0 bridgehead atoms. The second kappa shape index (κ2) is 5.94. The van der Waals surface area contributed by atoms with Crippen molar-refractivity contribution in [2.75, 3.05) is 32.6 Å². The lowest BCUT2D eigenvalue weighted by Crippen LogP contribution is -2.41. The SMILES string of the molecule is COC(=O)C1CCCN1C(=O)c1cccc(N(C)C)c1. The summed E-state index contributed by atoms with van der Waals surface area (Å²) in [5.74, 6) is -0.443. The van der Waals surface area contributed by atoms with Gasteiger partial charge in [0.05, 0.1) is 7.11 Å². The van der Waals surface area contributed by atoms with Crippen LogP contribution >= 0.6 is 0 Å². The molecular weight excluding hydrogens is 256 g/mol. The summed E-state index contributed by atoms with van der Waals surface area (Å²) in [6, 6.07) is 6.97. The van der Waals surface area contributed by atoms with Crippen molar-refractivity contribution in [3.63, 3.8) is 0 Å². The topological polar surface area (TPSA) is 49.9 Å². The van der Waals surface area contributed by atoms with E-state index in [0.717, 1.165) is 12.1 Å². The Bertz CT molecular complexity index is 514. The van der Waals surface area contributed by atoms with Crippen LogP contribution in [0.25, 0.3) is 0 Å². The molecule has 1 atom stereocenters. The molecule has 108 valence electrons. The first-order valence-corrected chi connectivity index (χ1v) is 6.70. The molecule has 0 radical (unpaired) electrons. The van der Waals surface area contributed by atoms with Gasteiger partial charge in [0.2, 0.25) is 0 Å². The summed E-state index contributed by atoms with van der Waals surface area (Å²) in [7, 11) is 5.21. The zero-order valence-electron chi connectivity index (χ0n) is 12.1. The van der Waals surface area contributed by atoms with E-state index in [4.69, 9.17) is 4.74 Å². The molecule has 2 rings (SSSR count). The molecule has 1 aliphatic heterocycles. The number of hydrogen-bond acceptors (Lipinski definition) is 4. The number of hydrogen-bond donors (Lipinski definition) is 0. The highest BCUT2D eigenvalue weighted by Gasteiger charge is 2.35. The van der Waals surface area contributed by atoms with Crippen LogP contribution in [0.4, 0.5) is 5.69 Å². The number of esters is 1. The minimum absolute atomic E-state index is 0.110. The molecule has 1 fully saturated rings. The monoisotopic (exact) mass is 276 g/mol. The minimum Gasteiger partial charge on any atom is -0.467 e. The summed E-state index contributed by atoms with van der Waals surface area (Å²) in [5.41, 5.74) is 1.57. The largest absolute Gasteiger partial charge is 0.467 e. The maximum absolute atomic E-state index is 12.6. The second-order valence-corrected chi connectivity index (χ2v) is 5.12. The van der Waals surface area contributed by atoms with Crippen LogP contribution in [-0.4, -0.2) is 50.6 Å². The molecule has 5 heteroatoms. The van der Waals surface area contributed by atoms with Gasteiger partial charge in [-0.1, -0.05) is 6.07 Å². The third-order valence-corrected chi connectivity index (χ3v) is 3.60. The van der Waals surface area contributed by atoms with Crippen LogP contribution in [0.3, 0.4) is 0 Å². The quantitative estimate of drug-likeness (QED) is 0.786. The standard InChI is InChI=1S/C15H20N2O3/c1-16(2)12-7-4-6-11(10-12)14(18)17-9-5-8-13(17)15(19)20-3/h4,6-7,10,13H,5,8-9H2,1-3H3. The van der Waals surface area contributed by atoms with Crippen molar-refractivity contribution in [1.82, 2.24) is 4.90 Å². The Hall–Kier alpha value is -2.04. The molecule has 1 amide bonds. The van der Waals surface area contributed by atoms with E-state index in [1.807, 2.05) is 37.2 Å². The molecule has 1 aromatic rings. The highest BCUT2D eigenvalue weighted by atomic mass is 16.5. The number of likely N-dealkylation sites (tertiary alicyclic amines) is 1. The van der Waals surface area contributed by atoms with Crippen molar-refractivity contribution >= 4 is 17.6 Å². The highest BCUT2D eigenvalue weighted by Crippen LogP contribution is 2.22. The van der Waals surface area contributed by atoms with E-state index in [2.05, 4.69) is 0 Å². The van der Waals surface area contributed by atoms with Crippen molar-refractivity contribution in [3.05, 3.63) is 29.8 Å². The fraction of sp³-hybridized carbons (Fsp3) is 0.467. The Balaban J connectivity index is 2.22. The summed E-state index contributed by atoms with van der Waals surface area (Å²) in [4.78, 5) is 27.8. The maximum atomic E-state index is 12.6. The summed E-state index contributed by atoms with van der Waals surface area (Å²) >= 11 is 0. The van der Waals surface area contributed by atoms with Crippen LogP contribution < -0.4 is 4.90 Å². The Morgan fingerprint density at radius 3 is 2.75 bits per heavy atom. The summed E-state index contributed by atoms with van der Waals surface area (Å²) in [6.07, 6.45) is 1.50. The number of rotatable bonds is 3. The highest BCUT2D eigenvalue weighted by molar-refractivity contribution is 5.97. The molecule has 1 saturated heterocycles. The van der Waals surface area contributed by atoms with Crippen molar-refractivity contribution in [2.24, 2.45) is 0 Å². The number of nitrogens with zero attached hydrogens (tertiary/aromatic N) is 2. The zero-order valence-corrected chi connectivity index (χ0v) is 12.1. The van der Waals surface area contributed by atoms with E-state index in [0.29, 0.717) is 18.5 Å². The third-order valence-electron chi connectivity index (χ3n) is 3.60. The molecule has 1 heterocycles. The Morgan fingerprint density at radius 1 is 1.35 bits per heavy atom. The van der Waals surface area contributed by atoms with E-state index >= 15 is 0 Å². The number of ether oxygens (including phenoxy) is 1. The average molecular weight is 276 g/mol. The van der Waals surface area contributed by atoms with E-state index in [9.17, 15) is 9.59 Å². The van der Waals surface area contributed by atoms with Gasteiger partial charge in [-0.25, -0.2) is 4.79 Å². The molecule has 1 aliphatic rings. The zero-order chi connectivity index (χ0) is 14.7. The molecule has 0 saturated carbocycles. The molecule has 1 aromatic carbocycles. The summed E-state index contributed by atoms with van der Waals surface area (Å²) in [5, 5.41) is 0. The number of carbonyl (C=O) groups is 2. The van der Waals surface area contributed by atoms with Crippen LogP contribution in [0.5, 0.6) is 0 Å². The van der Waals surface area contributed by atoms with Gasteiger partial charge in [0.25, 0.3) is 5.91 Å². The predicted octanol–water partition coefficient (Wildman–Crippen LogP) is 1.53. The fourth-order valence-electron chi connectivity index (χ4n) is 2.47. The molecule has 20 heavy (non-hydrogen) atoms. The van der Waals surface area contributed by atoms with E-state index in [1.54, 1.807) is 11.0 Å². The van der Waals surface area contributed by atoms with Gasteiger partial charge in [0, 0.05) is 31.9 Å². The Labute approximate surface area is 119 Å². The van der Waals surface area contributed by atoms with Crippen LogP contribution in [0.15, 0.2) is 24.3 Å². The van der Waals surface area contributed by atoms with E-state index in [-0.39, 0.29) is 11.9 Å². The van der Waals surface area contributed by atoms with Gasteiger partial charge in [-0.2, -0.15) is 0 Å². The molecular formula is C15H20N2O3. The smallest absolute Gasteiger partial charge is 0.328 e. The van der Waals surface area contributed by atoms with E-state index in [1.165, 1.54) is 7.11 Å². The van der Waals surface area contributed by atoms with Gasteiger partial charge in [0.15, 0.2) is 0 Å². The van der Waals surface area contributed by atoms with Gasteiger partial charge in [-0.05, 0) is 31.0 Å². The maximum Gasteiger partial charge on any atom is 0.328 e. The number of carbonyl (C=O) groups excluding carboxylic acids is 2. The fourth-order valence-corrected chi connectivity index (χ4v) is 2.47. The molecule has 0 spiro atoms. The predicted molar refractivity (Wildman–Crippen MR) is 76.8 cm³/mol. The second-order valence-electron chi connectivity index (χ2n) is 5.12. The van der Waals surface area contributed by atoms with E-state index < -0.39 is 6.04 Å². The lowest BCUT2D eigenvalue weighted by Gasteiger charge is -2.23. The van der Waals surface area contributed by atoms with Crippen molar-refractivity contribution < 1.29 is 14.3 Å². The average Bonchev–Trinajstić information content (AvgIpc) is 2.95.